The van der Waals surface area contributed by atoms with Crippen molar-refractivity contribution in [2.45, 2.75) is 0 Å². The number of ether oxygens (including phenoxy) is 1. The van der Waals surface area contributed by atoms with Gasteiger partial charge < -0.3 is 10.1 Å². The van der Waals surface area contributed by atoms with Crippen molar-refractivity contribution in [1.29, 1.82) is 0 Å². The summed E-state index contributed by atoms with van der Waals surface area (Å²) in [7, 11) is 0. The number of nitrogens with one attached hydrogen (secondary N) is 1. The number of rotatable bonds is 4. The molecular weight excluding hydrogens is 436 g/mol. The van der Waals surface area contributed by atoms with Gasteiger partial charge in [0.15, 0.2) is 5.82 Å². The predicted octanol–water partition coefficient (Wildman–Crippen LogP) is 6.16. The lowest BCUT2D eigenvalue weighted by atomic mass is 10.3. The van der Waals surface area contributed by atoms with Gasteiger partial charge in [0.2, 0.25) is 11.3 Å². The monoisotopic (exact) mass is 441 g/mol. The van der Waals surface area contributed by atoms with Crippen molar-refractivity contribution in [2.75, 3.05) is 5.32 Å². The topological polar surface area (TPSA) is 86.0 Å². The molecule has 0 aliphatic heterocycles. The fourth-order valence-corrected chi connectivity index (χ4v) is 2.72. The van der Waals surface area contributed by atoms with Crippen LogP contribution in [-0.2, 0) is 0 Å². The molecule has 0 aliphatic rings. The van der Waals surface area contributed by atoms with E-state index in [1.807, 2.05) is 0 Å². The molecule has 2 heterocycles. The molecule has 0 spiro atoms. The van der Waals surface area contributed by atoms with E-state index in [0.717, 1.165) is 0 Å². The van der Waals surface area contributed by atoms with E-state index in [4.69, 9.17) is 51.1 Å². The molecule has 0 unspecified atom stereocenters. The van der Waals surface area contributed by atoms with E-state index in [2.05, 4.69) is 30.2 Å². The molecular formula is C16H7Cl4N5O2. The Morgan fingerprint density at radius 3 is 2.15 bits per heavy atom. The van der Waals surface area contributed by atoms with Crippen LogP contribution < -0.4 is 10.1 Å². The molecule has 4 aromatic rings. The lowest BCUT2D eigenvalue weighted by molar-refractivity contribution is 0.314. The first kappa shape index (κ1) is 18.1. The first-order valence-corrected chi connectivity index (χ1v) is 8.86. The van der Waals surface area contributed by atoms with Crippen molar-refractivity contribution in [2.24, 2.45) is 0 Å². The predicted molar refractivity (Wildman–Crippen MR) is 104 cm³/mol. The van der Waals surface area contributed by atoms with E-state index in [0.29, 0.717) is 31.5 Å². The summed E-state index contributed by atoms with van der Waals surface area (Å²) in [5.41, 5.74) is 1.01. The summed E-state index contributed by atoms with van der Waals surface area (Å²) in [6.45, 7) is 0. The highest BCUT2D eigenvalue weighted by Gasteiger charge is 2.16. The van der Waals surface area contributed by atoms with Gasteiger partial charge in [0, 0.05) is 11.8 Å². The van der Waals surface area contributed by atoms with E-state index < -0.39 is 0 Å². The molecule has 0 saturated carbocycles. The normalized spacial score (nSPS) is 11.0. The van der Waals surface area contributed by atoms with Crippen molar-refractivity contribution >= 4 is 69.2 Å². The maximum atomic E-state index is 6.06. The Hall–Kier alpha value is -2.32. The number of anilines is 2. The van der Waals surface area contributed by atoms with Gasteiger partial charge in [-0.1, -0.05) is 46.4 Å². The van der Waals surface area contributed by atoms with E-state index in [-0.39, 0.29) is 23.0 Å². The molecule has 7 nitrogen and oxygen atoms in total. The molecule has 0 amide bonds. The Bertz CT molecular complexity index is 1060. The first-order chi connectivity index (χ1) is 13.0. The van der Waals surface area contributed by atoms with Crippen LogP contribution in [0.4, 0.5) is 11.5 Å². The van der Waals surface area contributed by atoms with Gasteiger partial charge in [0.1, 0.15) is 5.75 Å². The fourth-order valence-electron chi connectivity index (χ4n) is 2.14. The quantitative estimate of drug-likeness (QED) is 0.404. The van der Waals surface area contributed by atoms with Crippen molar-refractivity contribution in [1.82, 2.24) is 20.3 Å². The molecule has 2 aromatic carbocycles. The largest absolute Gasteiger partial charge is 0.436 e. The first-order valence-electron chi connectivity index (χ1n) is 7.35. The SMILES string of the molecule is Clc1ccc(Nc2nc3nonc3nc2Oc2ccc(Cl)c(Cl)c2)cc1Cl. The average Bonchev–Trinajstić information content (AvgIpc) is 3.09. The van der Waals surface area contributed by atoms with Crippen LogP contribution in [0.5, 0.6) is 11.6 Å². The number of aromatic nitrogens is 4. The van der Waals surface area contributed by atoms with Crippen LogP contribution in [-0.4, -0.2) is 20.3 Å². The van der Waals surface area contributed by atoms with Gasteiger partial charge >= 0.3 is 0 Å². The van der Waals surface area contributed by atoms with Crippen LogP contribution >= 0.6 is 46.4 Å². The second kappa shape index (κ2) is 7.36. The molecule has 0 saturated heterocycles. The van der Waals surface area contributed by atoms with E-state index in [1.165, 1.54) is 0 Å². The minimum absolute atomic E-state index is 0.127. The van der Waals surface area contributed by atoms with Crippen LogP contribution in [0.15, 0.2) is 41.0 Å². The van der Waals surface area contributed by atoms with Crippen LogP contribution in [0, 0.1) is 0 Å². The number of hydrogen-bond donors (Lipinski definition) is 1. The van der Waals surface area contributed by atoms with E-state index in [9.17, 15) is 0 Å². The van der Waals surface area contributed by atoms with Crippen molar-refractivity contribution in [3.63, 3.8) is 0 Å². The van der Waals surface area contributed by atoms with Crippen LogP contribution in [0.3, 0.4) is 0 Å². The molecule has 0 fully saturated rings. The molecule has 136 valence electrons. The molecule has 2 aromatic heterocycles. The summed E-state index contributed by atoms with van der Waals surface area (Å²) in [4.78, 5) is 8.59. The van der Waals surface area contributed by atoms with Crippen molar-refractivity contribution < 1.29 is 9.37 Å². The van der Waals surface area contributed by atoms with Gasteiger partial charge in [-0.25, -0.2) is 4.63 Å². The van der Waals surface area contributed by atoms with Gasteiger partial charge in [-0.2, -0.15) is 9.97 Å². The van der Waals surface area contributed by atoms with Gasteiger partial charge in [-0.3, -0.25) is 0 Å². The van der Waals surface area contributed by atoms with E-state index >= 15 is 0 Å². The third kappa shape index (κ3) is 3.86. The number of halogens is 4. The number of hydrogen-bond acceptors (Lipinski definition) is 7. The molecule has 11 heteroatoms. The molecule has 0 bridgehead atoms. The maximum absolute atomic E-state index is 6.06. The zero-order chi connectivity index (χ0) is 19.0. The number of nitrogens with zero attached hydrogens (tertiary/aromatic N) is 4. The summed E-state index contributed by atoms with van der Waals surface area (Å²) in [5, 5.41) is 12.0. The molecule has 0 radical (unpaired) electrons. The Kier molecular flexibility index (Phi) is 4.92. The maximum Gasteiger partial charge on any atom is 0.265 e. The fraction of sp³-hybridized carbons (Fsp3) is 0. The molecule has 0 atom stereocenters. The summed E-state index contributed by atoms with van der Waals surface area (Å²) in [5.74, 6) is 0.803. The summed E-state index contributed by atoms with van der Waals surface area (Å²) >= 11 is 24.0. The molecule has 4 rings (SSSR count). The third-order valence-corrected chi connectivity index (χ3v) is 4.85. The van der Waals surface area contributed by atoms with Crippen LogP contribution in [0.1, 0.15) is 0 Å². The lowest BCUT2D eigenvalue weighted by Crippen LogP contribution is -2.00. The van der Waals surface area contributed by atoms with Gasteiger partial charge in [0.25, 0.3) is 5.88 Å². The molecule has 0 aliphatic carbocycles. The second-order valence-electron chi connectivity index (χ2n) is 5.22. The lowest BCUT2D eigenvalue weighted by Gasteiger charge is -2.11. The standard InChI is InChI=1S/C16H7Cl4N5O2/c17-9-3-1-7(5-11(9)19)21-15-16(23-14-13(22-15)24-27-25-14)26-8-2-4-10(18)12(20)6-8/h1-6H,(H,21,22,24). The smallest absolute Gasteiger partial charge is 0.265 e. The Labute approximate surface area is 172 Å². The number of benzene rings is 2. The molecule has 1 N–H and O–H groups in total. The van der Waals surface area contributed by atoms with E-state index in [1.54, 1.807) is 36.4 Å². The van der Waals surface area contributed by atoms with Crippen LogP contribution in [0.2, 0.25) is 20.1 Å². The van der Waals surface area contributed by atoms with Crippen LogP contribution in [0.25, 0.3) is 11.3 Å². The summed E-state index contributed by atoms with van der Waals surface area (Å²) in [6.07, 6.45) is 0. The average molecular weight is 443 g/mol. The van der Waals surface area contributed by atoms with Crippen molar-refractivity contribution in [3.8, 4) is 11.6 Å². The second-order valence-corrected chi connectivity index (χ2v) is 6.85. The highest BCUT2D eigenvalue weighted by molar-refractivity contribution is 6.42. The number of fused-ring (bicyclic) bond motifs is 1. The Morgan fingerprint density at radius 2 is 1.44 bits per heavy atom. The highest BCUT2D eigenvalue weighted by Crippen LogP contribution is 2.34. The van der Waals surface area contributed by atoms with Gasteiger partial charge in [-0.05, 0) is 40.6 Å². The summed E-state index contributed by atoms with van der Waals surface area (Å²) < 4.78 is 10.5. The van der Waals surface area contributed by atoms with Gasteiger partial charge in [-0.15, -0.1) is 0 Å². The van der Waals surface area contributed by atoms with Gasteiger partial charge in [0.05, 0.1) is 20.1 Å². The minimum Gasteiger partial charge on any atom is -0.436 e. The summed E-state index contributed by atoms with van der Waals surface area (Å²) in [6, 6.07) is 9.82. The molecule has 27 heavy (non-hydrogen) atoms. The van der Waals surface area contributed by atoms with Crippen molar-refractivity contribution in [3.05, 3.63) is 56.5 Å². The Balaban J connectivity index is 1.74. The Morgan fingerprint density at radius 1 is 0.778 bits per heavy atom. The third-order valence-electron chi connectivity index (χ3n) is 3.37. The zero-order valence-electron chi connectivity index (χ0n) is 13.1. The minimum atomic E-state index is 0.127. The zero-order valence-corrected chi connectivity index (χ0v) is 16.1. The highest BCUT2D eigenvalue weighted by atomic mass is 35.5.